The summed E-state index contributed by atoms with van der Waals surface area (Å²) in [5.41, 5.74) is 3.84. The molecule has 0 spiro atoms. The van der Waals surface area contributed by atoms with Gasteiger partial charge in [-0.2, -0.15) is 0 Å². The van der Waals surface area contributed by atoms with Crippen LogP contribution in [0.25, 0.3) is 0 Å². The summed E-state index contributed by atoms with van der Waals surface area (Å²) in [6.45, 7) is 6.89. The van der Waals surface area contributed by atoms with Gasteiger partial charge in [-0.15, -0.1) is 0 Å². The summed E-state index contributed by atoms with van der Waals surface area (Å²) < 4.78 is 15.6. The Balaban J connectivity index is 1.51. The Hall–Kier alpha value is -2.89. The van der Waals surface area contributed by atoms with Crippen LogP contribution in [0.3, 0.4) is 0 Å². The van der Waals surface area contributed by atoms with Gasteiger partial charge in [-0.25, -0.2) is 0 Å². The molecule has 0 saturated heterocycles. The molecule has 380 valence electrons. The van der Waals surface area contributed by atoms with Crippen LogP contribution in [-0.4, -0.2) is 0 Å². The molecular weight excluding hydrogens is 840 g/mol. The van der Waals surface area contributed by atoms with E-state index in [-0.39, 0.29) is 0 Å². The van der Waals surface area contributed by atoms with Crippen LogP contribution in [0.15, 0.2) is 109 Å². The van der Waals surface area contributed by atoms with Crippen molar-refractivity contribution in [1.82, 2.24) is 0 Å². The minimum Gasteiger partial charge on any atom is -0.309 e. The van der Waals surface area contributed by atoms with Gasteiger partial charge in [-0.3, -0.25) is 0 Å². The molecule has 0 aliphatic carbocycles. The van der Waals surface area contributed by atoms with Gasteiger partial charge < -0.3 is 4.57 Å². The average molecular weight is 946 g/mol. The zero-order valence-electron chi connectivity index (χ0n) is 44.8. The Bertz CT molecular complexity index is 1510. The smallest absolute Gasteiger partial charge is 0.171 e. The third-order valence-electron chi connectivity index (χ3n) is 14.4. The molecule has 0 amide bonds. The molecule has 3 rings (SSSR count). The third-order valence-corrected chi connectivity index (χ3v) is 17.5. The van der Waals surface area contributed by atoms with Crippen molar-refractivity contribution in [1.29, 1.82) is 0 Å². The summed E-state index contributed by atoms with van der Waals surface area (Å²) in [5.74, 6) is 0. The van der Waals surface area contributed by atoms with Crippen LogP contribution < -0.4 is 15.9 Å². The second kappa shape index (κ2) is 41.9. The normalized spacial score (nSPS) is 12.2. The van der Waals surface area contributed by atoms with Crippen LogP contribution in [0, 0.1) is 0 Å². The molecule has 0 aliphatic heterocycles. The highest BCUT2D eigenvalue weighted by atomic mass is 31.2. The maximum atomic E-state index is 15.6. The Morgan fingerprint density at radius 3 is 0.662 bits per heavy atom. The van der Waals surface area contributed by atoms with Gasteiger partial charge in [0.1, 0.15) is 0 Å². The molecule has 0 saturated carbocycles. The molecule has 3 aromatic carbocycles. The van der Waals surface area contributed by atoms with E-state index in [9.17, 15) is 0 Å². The summed E-state index contributed by atoms with van der Waals surface area (Å²) in [6.07, 6.45) is 66.2. The summed E-state index contributed by atoms with van der Waals surface area (Å²) >= 11 is 0. The predicted molar refractivity (Wildman–Crippen MR) is 308 cm³/mol. The second-order valence-corrected chi connectivity index (χ2v) is 23.4. The standard InChI is InChI=1S/C66H105OP/c1-4-7-10-13-16-19-22-25-28-31-34-37-40-43-46-61-49-55-64(56-50-61)68(67,65-57-51-62(52-58-65)47-44-41-38-35-32-29-26-23-20-17-14-11-8-5-2)66-59-53-63(54-60-66)48-45-42-39-36-33-30-27-24-21-18-15-12-9-6-3/h40-45,49-60H,4-39,46-48H2,1-3H3/b43-40+,44-41+,45-42+. The molecule has 0 aliphatic rings. The maximum Gasteiger partial charge on any atom is 0.171 e. The van der Waals surface area contributed by atoms with Crippen LogP contribution in [0.1, 0.15) is 269 Å². The quantitative estimate of drug-likeness (QED) is 0.0313. The minimum atomic E-state index is -3.07. The van der Waals surface area contributed by atoms with Crippen molar-refractivity contribution < 1.29 is 4.57 Å². The molecule has 0 unspecified atom stereocenters. The Kier molecular flexibility index (Phi) is 36.6. The monoisotopic (exact) mass is 945 g/mol. The van der Waals surface area contributed by atoms with E-state index >= 15 is 4.57 Å². The van der Waals surface area contributed by atoms with E-state index in [1.54, 1.807) is 0 Å². The lowest BCUT2D eigenvalue weighted by Crippen LogP contribution is -2.25. The van der Waals surface area contributed by atoms with Crippen molar-refractivity contribution in [3.63, 3.8) is 0 Å². The third kappa shape index (κ3) is 28.1. The van der Waals surface area contributed by atoms with Crippen molar-refractivity contribution in [2.45, 2.75) is 271 Å². The Morgan fingerprint density at radius 1 is 0.265 bits per heavy atom. The van der Waals surface area contributed by atoms with Crippen LogP contribution in [-0.2, 0) is 23.8 Å². The van der Waals surface area contributed by atoms with Gasteiger partial charge in [0.05, 0.1) is 0 Å². The molecular formula is C66H105OP. The lowest BCUT2D eigenvalue weighted by Gasteiger charge is -2.21. The van der Waals surface area contributed by atoms with Crippen LogP contribution >= 0.6 is 7.14 Å². The zero-order valence-corrected chi connectivity index (χ0v) is 45.7. The molecule has 3 aromatic rings. The van der Waals surface area contributed by atoms with E-state index in [0.717, 1.165) is 35.2 Å². The van der Waals surface area contributed by atoms with E-state index < -0.39 is 7.14 Å². The van der Waals surface area contributed by atoms with Gasteiger partial charge in [0, 0.05) is 15.9 Å². The summed E-state index contributed by atoms with van der Waals surface area (Å²) in [5, 5.41) is 2.77. The van der Waals surface area contributed by atoms with Gasteiger partial charge in [0.15, 0.2) is 7.14 Å². The average Bonchev–Trinajstić information content (AvgIpc) is 3.37. The molecule has 0 aromatic heterocycles. The fourth-order valence-electron chi connectivity index (χ4n) is 9.76. The van der Waals surface area contributed by atoms with Crippen molar-refractivity contribution in [2.24, 2.45) is 0 Å². The van der Waals surface area contributed by atoms with E-state index in [1.807, 2.05) is 0 Å². The van der Waals surface area contributed by atoms with Crippen LogP contribution in [0.5, 0.6) is 0 Å². The molecule has 0 fully saturated rings. The van der Waals surface area contributed by atoms with Gasteiger partial charge >= 0.3 is 0 Å². The van der Waals surface area contributed by atoms with Crippen molar-refractivity contribution in [2.75, 3.05) is 0 Å². The number of rotatable bonds is 45. The van der Waals surface area contributed by atoms with Gasteiger partial charge in [0.25, 0.3) is 0 Å². The van der Waals surface area contributed by atoms with Gasteiger partial charge in [-0.05, 0) is 74.5 Å². The van der Waals surface area contributed by atoms with Crippen molar-refractivity contribution >= 4 is 23.1 Å². The highest BCUT2D eigenvalue weighted by Gasteiger charge is 2.29. The number of hydrogen-bond acceptors (Lipinski definition) is 1. The van der Waals surface area contributed by atoms with E-state index in [0.29, 0.717) is 0 Å². The molecule has 0 radical (unpaired) electrons. The van der Waals surface area contributed by atoms with E-state index in [4.69, 9.17) is 0 Å². The highest BCUT2D eigenvalue weighted by molar-refractivity contribution is 7.85. The number of benzene rings is 3. The topological polar surface area (TPSA) is 17.1 Å². The largest absolute Gasteiger partial charge is 0.309 e. The molecule has 0 bridgehead atoms. The SMILES string of the molecule is CCCCCCCCCCCCC/C=C/Cc1ccc(P(=O)(c2ccc(C/C=C/CCCCCCCCCCCCC)cc2)c2ccc(C/C=C/CCCCCCCCCCCCC)cc2)cc1. The fraction of sp³-hybridized carbons (Fsp3) is 0.636. The molecule has 68 heavy (non-hydrogen) atoms. The number of allylic oxidation sites excluding steroid dienone is 6. The van der Waals surface area contributed by atoms with E-state index in [2.05, 4.69) is 130 Å². The lowest BCUT2D eigenvalue weighted by molar-refractivity contribution is 0.550. The zero-order chi connectivity index (χ0) is 48.3. The number of hydrogen-bond donors (Lipinski definition) is 0. The fourth-order valence-corrected chi connectivity index (χ4v) is 12.4. The summed E-state index contributed by atoms with van der Waals surface area (Å²) in [6, 6.07) is 26.1. The number of unbranched alkanes of at least 4 members (excludes halogenated alkanes) is 33. The molecule has 1 nitrogen and oxygen atoms in total. The van der Waals surface area contributed by atoms with Crippen molar-refractivity contribution in [3.8, 4) is 0 Å². The molecule has 0 atom stereocenters. The van der Waals surface area contributed by atoms with Crippen molar-refractivity contribution in [3.05, 3.63) is 126 Å². The van der Waals surface area contributed by atoms with Gasteiger partial charge in [0.2, 0.25) is 0 Å². The van der Waals surface area contributed by atoms with Crippen LogP contribution in [0.2, 0.25) is 0 Å². The summed E-state index contributed by atoms with van der Waals surface area (Å²) in [7, 11) is -3.07. The minimum absolute atomic E-state index is 0.922. The Morgan fingerprint density at radius 2 is 0.456 bits per heavy atom. The van der Waals surface area contributed by atoms with Crippen LogP contribution in [0.4, 0.5) is 0 Å². The maximum absolute atomic E-state index is 15.6. The first kappa shape index (κ1) is 59.4. The molecule has 2 heteroatoms. The lowest BCUT2D eigenvalue weighted by atomic mass is 10.1. The highest BCUT2D eigenvalue weighted by Crippen LogP contribution is 2.42. The van der Waals surface area contributed by atoms with Gasteiger partial charge in [-0.1, -0.05) is 323 Å². The molecule has 0 heterocycles. The first-order valence-electron chi connectivity index (χ1n) is 29.4. The Labute approximate surface area is 422 Å². The predicted octanol–water partition coefficient (Wildman–Crippen LogP) is 20.7. The molecule has 0 N–H and O–H groups in total. The second-order valence-electron chi connectivity index (χ2n) is 20.6. The first-order chi connectivity index (χ1) is 33.6. The van der Waals surface area contributed by atoms with E-state index in [1.165, 1.54) is 248 Å². The summed E-state index contributed by atoms with van der Waals surface area (Å²) in [4.78, 5) is 0. The first-order valence-corrected chi connectivity index (χ1v) is 31.2.